The zero-order chi connectivity index (χ0) is 16.6. The van der Waals surface area contributed by atoms with Gasteiger partial charge >= 0.3 is 6.09 Å². The highest BCUT2D eigenvalue weighted by atomic mass is 19.1. The van der Waals surface area contributed by atoms with Gasteiger partial charge in [-0.05, 0) is 44.9 Å². The maximum Gasteiger partial charge on any atom is 0.410 e. The van der Waals surface area contributed by atoms with Crippen LogP contribution in [-0.2, 0) is 11.3 Å². The number of carbonyl (C=O) groups is 1. The van der Waals surface area contributed by atoms with Crippen molar-refractivity contribution >= 4 is 6.09 Å². The first-order valence-corrected chi connectivity index (χ1v) is 7.75. The monoisotopic (exact) mass is 310 g/mol. The first kappa shape index (κ1) is 18.4. The highest BCUT2D eigenvalue weighted by Gasteiger charge is 2.21. The summed E-state index contributed by atoms with van der Waals surface area (Å²) in [6.45, 7) is 10.2. The predicted molar refractivity (Wildman–Crippen MR) is 86.2 cm³/mol. The average Bonchev–Trinajstić information content (AvgIpc) is 2.42. The van der Waals surface area contributed by atoms with Crippen LogP contribution < -0.4 is 5.32 Å². The smallest absolute Gasteiger partial charge is 0.410 e. The Hall–Kier alpha value is -1.62. The summed E-state index contributed by atoms with van der Waals surface area (Å²) in [6, 6.07) is 6.39. The van der Waals surface area contributed by atoms with Crippen molar-refractivity contribution < 1.29 is 13.9 Å². The molecule has 1 N–H and O–H groups in total. The second-order valence-corrected chi connectivity index (χ2v) is 6.27. The fraction of sp³-hybridized carbons (Fsp3) is 0.588. The molecule has 124 valence electrons. The van der Waals surface area contributed by atoms with Gasteiger partial charge in [-0.3, -0.25) is 0 Å². The first-order valence-electron chi connectivity index (χ1n) is 7.75. The molecule has 0 aromatic heterocycles. The molecule has 0 aliphatic carbocycles. The Morgan fingerprint density at radius 3 is 2.41 bits per heavy atom. The van der Waals surface area contributed by atoms with E-state index in [0.29, 0.717) is 26.2 Å². The van der Waals surface area contributed by atoms with Crippen molar-refractivity contribution in [2.45, 2.75) is 46.3 Å². The Morgan fingerprint density at radius 1 is 1.23 bits per heavy atom. The highest BCUT2D eigenvalue weighted by Crippen LogP contribution is 2.10. The van der Waals surface area contributed by atoms with Gasteiger partial charge in [-0.15, -0.1) is 0 Å². The average molecular weight is 310 g/mol. The summed E-state index contributed by atoms with van der Waals surface area (Å²) in [5.74, 6) is -0.234. The van der Waals surface area contributed by atoms with Gasteiger partial charge in [0, 0.05) is 26.2 Å². The summed E-state index contributed by atoms with van der Waals surface area (Å²) in [5.41, 5.74) is 0.533. The summed E-state index contributed by atoms with van der Waals surface area (Å²) in [4.78, 5) is 13.8. The maximum absolute atomic E-state index is 12.8. The lowest BCUT2D eigenvalue weighted by atomic mass is 10.2. The molecular formula is C17H27FN2O2. The van der Waals surface area contributed by atoms with Crippen LogP contribution in [0.3, 0.4) is 0 Å². The van der Waals surface area contributed by atoms with Gasteiger partial charge in [-0.25, -0.2) is 9.18 Å². The quantitative estimate of drug-likeness (QED) is 0.783. The van der Waals surface area contributed by atoms with Crippen LogP contribution in [0.1, 0.15) is 39.7 Å². The molecule has 0 spiro atoms. The molecule has 0 atom stereocenters. The minimum absolute atomic E-state index is 0.234. The van der Waals surface area contributed by atoms with Crippen LogP contribution in [0.5, 0.6) is 0 Å². The number of carbonyl (C=O) groups excluding carboxylic acids is 1. The zero-order valence-electron chi connectivity index (χ0n) is 14.0. The van der Waals surface area contributed by atoms with Gasteiger partial charge in [0.15, 0.2) is 0 Å². The molecule has 4 nitrogen and oxygen atoms in total. The lowest BCUT2D eigenvalue weighted by molar-refractivity contribution is 0.0252. The van der Waals surface area contributed by atoms with Gasteiger partial charge in [-0.2, -0.15) is 0 Å². The van der Waals surface area contributed by atoms with Gasteiger partial charge in [0.2, 0.25) is 0 Å². The molecule has 0 saturated carbocycles. The van der Waals surface area contributed by atoms with Gasteiger partial charge in [-0.1, -0.05) is 19.1 Å². The predicted octanol–water partition coefficient (Wildman–Crippen LogP) is 3.56. The van der Waals surface area contributed by atoms with Crippen molar-refractivity contribution in [1.29, 1.82) is 0 Å². The Morgan fingerprint density at radius 2 is 1.86 bits per heavy atom. The molecule has 0 radical (unpaired) electrons. The van der Waals surface area contributed by atoms with E-state index in [0.717, 1.165) is 12.0 Å². The van der Waals surface area contributed by atoms with Crippen LogP contribution in [-0.4, -0.2) is 36.2 Å². The van der Waals surface area contributed by atoms with Crippen LogP contribution >= 0.6 is 0 Å². The molecule has 0 saturated heterocycles. The summed E-state index contributed by atoms with van der Waals surface area (Å²) >= 11 is 0. The molecule has 1 aromatic rings. The van der Waals surface area contributed by atoms with Gasteiger partial charge in [0.1, 0.15) is 11.4 Å². The van der Waals surface area contributed by atoms with E-state index in [9.17, 15) is 9.18 Å². The lowest BCUT2D eigenvalue weighted by Gasteiger charge is -2.27. The molecule has 1 amide bonds. The van der Waals surface area contributed by atoms with Gasteiger partial charge in [0.25, 0.3) is 0 Å². The van der Waals surface area contributed by atoms with Crippen LogP contribution in [0, 0.1) is 5.82 Å². The molecular weight excluding hydrogens is 283 g/mol. The molecule has 1 aromatic carbocycles. The Bertz CT molecular complexity index is 455. The van der Waals surface area contributed by atoms with Crippen molar-refractivity contribution in [1.82, 2.24) is 10.2 Å². The van der Waals surface area contributed by atoms with Crippen LogP contribution in [0.4, 0.5) is 9.18 Å². The summed E-state index contributed by atoms with van der Waals surface area (Å²) < 4.78 is 18.2. The minimum Gasteiger partial charge on any atom is -0.444 e. The minimum atomic E-state index is -0.482. The van der Waals surface area contributed by atoms with E-state index in [4.69, 9.17) is 4.74 Å². The molecule has 0 aliphatic heterocycles. The topological polar surface area (TPSA) is 41.6 Å². The number of ether oxygens (including phenoxy) is 1. The first-order chi connectivity index (χ1) is 10.3. The standard InChI is InChI=1S/C17H27FN2O2/c1-5-11-20(16(21)22-17(2,3)4)12-10-19-13-14-6-8-15(18)9-7-14/h6-9,19H,5,10-13H2,1-4H3. The number of hydrogen-bond donors (Lipinski definition) is 1. The van der Waals surface area contributed by atoms with Gasteiger partial charge in [0.05, 0.1) is 0 Å². The third-order valence-corrected chi connectivity index (χ3v) is 2.95. The fourth-order valence-electron chi connectivity index (χ4n) is 1.94. The van der Waals surface area contributed by atoms with E-state index in [1.165, 1.54) is 12.1 Å². The molecule has 22 heavy (non-hydrogen) atoms. The third kappa shape index (κ3) is 7.41. The van der Waals surface area contributed by atoms with Crippen LogP contribution in [0.25, 0.3) is 0 Å². The van der Waals surface area contributed by atoms with E-state index in [2.05, 4.69) is 5.32 Å². The van der Waals surface area contributed by atoms with Crippen molar-refractivity contribution in [3.8, 4) is 0 Å². The number of benzene rings is 1. The SMILES string of the molecule is CCCN(CCNCc1ccc(F)cc1)C(=O)OC(C)(C)C. The van der Waals surface area contributed by atoms with Crippen molar-refractivity contribution in [2.75, 3.05) is 19.6 Å². The van der Waals surface area contributed by atoms with Crippen molar-refractivity contribution in [2.24, 2.45) is 0 Å². The number of halogens is 1. The number of nitrogens with zero attached hydrogens (tertiary/aromatic N) is 1. The number of nitrogens with one attached hydrogen (secondary N) is 1. The molecule has 0 bridgehead atoms. The number of hydrogen-bond acceptors (Lipinski definition) is 3. The number of amides is 1. The van der Waals surface area contributed by atoms with E-state index < -0.39 is 5.60 Å². The molecule has 1 rings (SSSR count). The Labute approximate surface area is 132 Å². The van der Waals surface area contributed by atoms with Crippen LogP contribution in [0.15, 0.2) is 24.3 Å². The summed E-state index contributed by atoms with van der Waals surface area (Å²) in [6.07, 6.45) is 0.606. The largest absolute Gasteiger partial charge is 0.444 e. The highest BCUT2D eigenvalue weighted by molar-refractivity contribution is 5.68. The van der Waals surface area contributed by atoms with Crippen molar-refractivity contribution in [3.05, 3.63) is 35.6 Å². The van der Waals surface area contributed by atoms with Crippen molar-refractivity contribution in [3.63, 3.8) is 0 Å². The van der Waals surface area contributed by atoms with Crippen LogP contribution in [0.2, 0.25) is 0 Å². The van der Waals surface area contributed by atoms with E-state index in [1.54, 1.807) is 17.0 Å². The fourth-order valence-corrected chi connectivity index (χ4v) is 1.94. The second kappa shape index (κ2) is 8.73. The van der Waals surface area contributed by atoms with E-state index >= 15 is 0 Å². The van der Waals surface area contributed by atoms with E-state index in [1.807, 2.05) is 27.7 Å². The lowest BCUT2D eigenvalue weighted by Crippen LogP contribution is -2.40. The number of rotatable bonds is 7. The van der Waals surface area contributed by atoms with E-state index in [-0.39, 0.29) is 11.9 Å². The molecule has 0 aliphatic rings. The molecule has 0 fully saturated rings. The summed E-state index contributed by atoms with van der Waals surface area (Å²) in [5, 5.41) is 3.26. The normalized spacial score (nSPS) is 11.3. The third-order valence-electron chi connectivity index (χ3n) is 2.95. The second-order valence-electron chi connectivity index (χ2n) is 6.27. The zero-order valence-corrected chi connectivity index (χ0v) is 14.0. The van der Waals surface area contributed by atoms with Gasteiger partial charge < -0.3 is 15.0 Å². The Kier molecular flexibility index (Phi) is 7.32. The molecule has 0 unspecified atom stereocenters. The Balaban J connectivity index is 2.37. The molecule has 0 heterocycles. The summed E-state index contributed by atoms with van der Waals surface area (Å²) in [7, 11) is 0. The maximum atomic E-state index is 12.8. The molecule has 5 heteroatoms.